The van der Waals surface area contributed by atoms with Crippen LogP contribution in [0.25, 0.3) is 0 Å². The van der Waals surface area contributed by atoms with E-state index in [1.165, 1.54) is 16.8 Å². The van der Waals surface area contributed by atoms with Crippen molar-refractivity contribution in [2.24, 2.45) is 0 Å². The SMILES string of the molecule is CCCCN(C(C)=O)[C@@H]1CCc2cccc(N3CCN(C)CC3)c2C1. The molecule has 1 saturated heterocycles. The molecule has 1 aromatic rings. The van der Waals surface area contributed by atoms with Crippen LogP contribution in [0.15, 0.2) is 18.2 Å². The summed E-state index contributed by atoms with van der Waals surface area (Å²) in [4.78, 5) is 19.3. The van der Waals surface area contributed by atoms with Crippen LogP contribution in [0.1, 0.15) is 44.2 Å². The number of likely N-dealkylation sites (N-methyl/N-ethyl adjacent to an activating group) is 1. The molecular formula is C21H33N3O. The molecule has 1 aromatic carbocycles. The number of benzene rings is 1. The van der Waals surface area contributed by atoms with Gasteiger partial charge in [-0.1, -0.05) is 25.5 Å². The normalized spacial score (nSPS) is 21.1. The third kappa shape index (κ3) is 4.17. The molecule has 1 atom stereocenters. The number of nitrogens with zero attached hydrogens (tertiary/aromatic N) is 3. The number of anilines is 1. The number of carbonyl (C=O) groups is 1. The van der Waals surface area contributed by atoms with E-state index in [0.717, 1.165) is 64.8 Å². The van der Waals surface area contributed by atoms with Crippen LogP contribution in [0.5, 0.6) is 0 Å². The van der Waals surface area contributed by atoms with E-state index in [4.69, 9.17) is 0 Å². The Kier molecular flexibility index (Phi) is 6.00. The summed E-state index contributed by atoms with van der Waals surface area (Å²) in [5, 5.41) is 0. The van der Waals surface area contributed by atoms with E-state index >= 15 is 0 Å². The standard InChI is InChI=1S/C21H33N3O/c1-4-5-11-24(17(2)25)19-10-9-18-7-6-8-21(20(18)16-19)23-14-12-22(3)13-15-23/h6-8,19H,4-5,9-16H2,1-3H3/t19-/m1/s1. The maximum absolute atomic E-state index is 12.2. The summed E-state index contributed by atoms with van der Waals surface area (Å²) in [6.45, 7) is 9.29. The number of aryl methyl sites for hydroxylation is 1. The molecule has 0 spiro atoms. The van der Waals surface area contributed by atoms with Gasteiger partial charge in [0.2, 0.25) is 5.91 Å². The van der Waals surface area contributed by atoms with Crippen molar-refractivity contribution in [3.8, 4) is 0 Å². The molecule has 4 heteroatoms. The summed E-state index contributed by atoms with van der Waals surface area (Å²) in [6, 6.07) is 7.16. The van der Waals surface area contributed by atoms with Crippen molar-refractivity contribution in [1.82, 2.24) is 9.80 Å². The van der Waals surface area contributed by atoms with Crippen LogP contribution in [0.3, 0.4) is 0 Å². The minimum atomic E-state index is 0.235. The zero-order valence-corrected chi connectivity index (χ0v) is 16.1. The first kappa shape index (κ1) is 18.2. The monoisotopic (exact) mass is 343 g/mol. The van der Waals surface area contributed by atoms with E-state index in [-0.39, 0.29) is 5.91 Å². The Hall–Kier alpha value is -1.55. The Morgan fingerprint density at radius 1 is 1.24 bits per heavy atom. The number of hydrogen-bond acceptors (Lipinski definition) is 3. The van der Waals surface area contributed by atoms with Gasteiger partial charge in [0, 0.05) is 51.4 Å². The van der Waals surface area contributed by atoms with E-state index in [1.54, 1.807) is 6.92 Å². The highest BCUT2D eigenvalue weighted by atomic mass is 16.2. The van der Waals surface area contributed by atoms with Gasteiger partial charge >= 0.3 is 0 Å². The second kappa shape index (κ2) is 8.22. The lowest BCUT2D eigenvalue weighted by Crippen LogP contribution is -2.46. The van der Waals surface area contributed by atoms with E-state index in [2.05, 4.69) is 46.9 Å². The Labute approximate surface area is 152 Å². The van der Waals surface area contributed by atoms with Gasteiger partial charge in [-0.3, -0.25) is 4.79 Å². The van der Waals surface area contributed by atoms with Crippen molar-refractivity contribution in [1.29, 1.82) is 0 Å². The van der Waals surface area contributed by atoms with E-state index in [0.29, 0.717) is 6.04 Å². The molecular weight excluding hydrogens is 310 g/mol. The van der Waals surface area contributed by atoms with Gasteiger partial charge in [0.25, 0.3) is 0 Å². The van der Waals surface area contributed by atoms with Gasteiger partial charge < -0.3 is 14.7 Å². The molecule has 1 aliphatic carbocycles. The van der Waals surface area contributed by atoms with Crippen molar-refractivity contribution in [2.45, 2.75) is 52.0 Å². The van der Waals surface area contributed by atoms with Gasteiger partial charge in [-0.2, -0.15) is 0 Å². The van der Waals surface area contributed by atoms with Gasteiger partial charge in [0.05, 0.1) is 0 Å². The van der Waals surface area contributed by atoms with Gasteiger partial charge in [-0.15, -0.1) is 0 Å². The number of amides is 1. The predicted octanol–water partition coefficient (Wildman–Crippen LogP) is 2.94. The summed E-state index contributed by atoms with van der Waals surface area (Å²) >= 11 is 0. The molecule has 138 valence electrons. The minimum absolute atomic E-state index is 0.235. The highest BCUT2D eigenvalue weighted by Gasteiger charge is 2.28. The molecule has 0 unspecified atom stereocenters. The highest BCUT2D eigenvalue weighted by molar-refractivity contribution is 5.74. The third-order valence-electron chi connectivity index (χ3n) is 5.88. The van der Waals surface area contributed by atoms with E-state index in [1.807, 2.05) is 0 Å². The molecule has 1 fully saturated rings. The molecule has 2 aliphatic rings. The van der Waals surface area contributed by atoms with Gasteiger partial charge in [0.15, 0.2) is 0 Å². The van der Waals surface area contributed by atoms with E-state index < -0.39 is 0 Å². The highest BCUT2D eigenvalue weighted by Crippen LogP contribution is 2.33. The molecule has 4 nitrogen and oxygen atoms in total. The zero-order chi connectivity index (χ0) is 17.8. The Balaban J connectivity index is 1.80. The summed E-state index contributed by atoms with van der Waals surface area (Å²) < 4.78 is 0. The molecule has 0 radical (unpaired) electrons. The number of rotatable bonds is 5. The number of piperazine rings is 1. The maximum atomic E-state index is 12.2. The summed E-state index contributed by atoms with van der Waals surface area (Å²) in [6.07, 6.45) is 5.45. The van der Waals surface area contributed by atoms with Crippen LogP contribution in [-0.4, -0.2) is 61.5 Å². The molecule has 0 N–H and O–H groups in total. The number of fused-ring (bicyclic) bond motifs is 1. The topological polar surface area (TPSA) is 26.8 Å². The van der Waals surface area contributed by atoms with E-state index in [9.17, 15) is 4.79 Å². The second-order valence-corrected chi connectivity index (χ2v) is 7.67. The quantitative estimate of drug-likeness (QED) is 0.822. The molecule has 0 saturated carbocycles. The number of unbranched alkanes of at least 4 members (excludes halogenated alkanes) is 1. The fraction of sp³-hybridized carbons (Fsp3) is 0.667. The van der Waals surface area contributed by atoms with Crippen molar-refractivity contribution < 1.29 is 4.79 Å². The average molecular weight is 344 g/mol. The summed E-state index contributed by atoms with van der Waals surface area (Å²) in [5.74, 6) is 0.235. The Morgan fingerprint density at radius 2 is 2.00 bits per heavy atom. The fourth-order valence-corrected chi connectivity index (χ4v) is 4.29. The molecule has 1 heterocycles. The fourth-order valence-electron chi connectivity index (χ4n) is 4.29. The molecule has 1 amide bonds. The smallest absolute Gasteiger partial charge is 0.219 e. The lowest BCUT2D eigenvalue weighted by atomic mass is 9.85. The lowest BCUT2D eigenvalue weighted by Gasteiger charge is -2.39. The number of hydrogen-bond donors (Lipinski definition) is 0. The van der Waals surface area contributed by atoms with Crippen LogP contribution in [0, 0.1) is 0 Å². The van der Waals surface area contributed by atoms with Crippen molar-refractivity contribution in [2.75, 3.05) is 44.7 Å². The van der Waals surface area contributed by atoms with Crippen molar-refractivity contribution >= 4 is 11.6 Å². The van der Waals surface area contributed by atoms with Crippen LogP contribution in [0.2, 0.25) is 0 Å². The summed E-state index contributed by atoms with van der Waals surface area (Å²) in [7, 11) is 2.20. The van der Waals surface area contributed by atoms with Crippen LogP contribution < -0.4 is 4.90 Å². The third-order valence-corrected chi connectivity index (χ3v) is 5.88. The zero-order valence-electron chi connectivity index (χ0n) is 16.1. The first-order valence-electron chi connectivity index (χ1n) is 9.91. The van der Waals surface area contributed by atoms with Crippen LogP contribution >= 0.6 is 0 Å². The molecule has 3 rings (SSSR count). The Morgan fingerprint density at radius 3 is 2.68 bits per heavy atom. The lowest BCUT2D eigenvalue weighted by molar-refractivity contribution is -0.131. The average Bonchev–Trinajstić information content (AvgIpc) is 2.62. The number of carbonyl (C=O) groups excluding carboxylic acids is 1. The maximum Gasteiger partial charge on any atom is 0.219 e. The molecule has 25 heavy (non-hydrogen) atoms. The van der Waals surface area contributed by atoms with Gasteiger partial charge in [0.1, 0.15) is 0 Å². The first-order valence-corrected chi connectivity index (χ1v) is 9.91. The second-order valence-electron chi connectivity index (χ2n) is 7.67. The van der Waals surface area contributed by atoms with Gasteiger partial charge in [-0.25, -0.2) is 0 Å². The first-order chi connectivity index (χ1) is 12.1. The van der Waals surface area contributed by atoms with Gasteiger partial charge in [-0.05, 0) is 49.9 Å². The van der Waals surface area contributed by atoms with Crippen LogP contribution in [0.4, 0.5) is 5.69 Å². The van der Waals surface area contributed by atoms with Crippen LogP contribution in [-0.2, 0) is 17.6 Å². The minimum Gasteiger partial charge on any atom is -0.369 e. The largest absolute Gasteiger partial charge is 0.369 e. The molecule has 0 bridgehead atoms. The molecule has 1 aliphatic heterocycles. The Bertz CT molecular complexity index is 593. The van der Waals surface area contributed by atoms with Crippen molar-refractivity contribution in [3.05, 3.63) is 29.3 Å². The van der Waals surface area contributed by atoms with Crippen molar-refractivity contribution in [3.63, 3.8) is 0 Å². The predicted molar refractivity (Wildman–Crippen MR) is 104 cm³/mol. The summed E-state index contributed by atoms with van der Waals surface area (Å²) in [5.41, 5.74) is 4.40. The molecule has 0 aromatic heterocycles.